The lowest BCUT2D eigenvalue weighted by Gasteiger charge is -2.05. The van der Waals surface area contributed by atoms with E-state index in [0.29, 0.717) is 21.3 Å². The van der Waals surface area contributed by atoms with E-state index in [0.717, 1.165) is 38.6 Å². The topological polar surface area (TPSA) is 72.0 Å². The van der Waals surface area contributed by atoms with Crippen LogP contribution in [-0.4, -0.2) is 21.7 Å². The molecule has 0 fully saturated rings. The molecule has 1 aliphatic carbocycles. The van der Waals surface area contributed by atoms with Gasteiger partial charge in [0.05, 0.1) is 30.5 Å². The van der Waals surface area contributed by atoms with Gasteiger partial charge in [0.25, 0.3) is 5.91 Å². The molecule has 1 aromatic carbocycles. The van der Waals surface area contributed by atoms with Crippen molar-refractivity contribution in [3.63, 3.8) is 0 Å². The molecule has 0 radical (unpaired) electrons. The van der Waals surface area contributed by atoms with Crippen LogP contribution in [0.2, 0.25) is 0 Å². The molecular weight excluding hydrogens is 398 g/mol. The molecule has 5 nitrogen and oxygen atoms in total. The van der Waals surface area contributed by atoms with E-state index in [1.165, 1.54) is 22.7 Å². The molecule has 3 heterocycles. The maximum Gasteiger partial charge on any atom is 0.267 e. The summed E-state index contributed by atoms with van der Waals surface area (Å²) >= 11 is 4.30. The van der Waals surface area contributed by atoms with Gasteiger partial charge < -0.3 is 0 Å². The van der Waals surface area contributed by atoms with Gasteiger partial charge in [0.1, 0.15) is 5.01 Å². The van der Waals surface area contributed by atoms with E-state index in [1.807, 2.05) is 30.3 Å². The number of hydrogen-bond acceptors (Lipinski definition) is 7. The largest absolute Gasteiger partial charge is 0.297 e. The summed E-state index contributed by atoms with van der Waals surface area (Å²) in [6.45, 7) is 0. The second-order valence-corrected chi connectivity index (χ2v) is 9.29. The molecule has 0 unspecified atom stereocenters. The number of benzene rings is 1. The van der Waals surface area contributed by atoms with E-state index >= 15 is 0 Å². The number of nitrogens with zero attached hydrogens (tertiary/aromatic N) is 2. The number of thiazole rings is 2. The van der Waals surface area contributed by atoms with Gasteiger partial charge in [0.15, 0.2) is 10.9 Å². The maximum absolute atomic E-state index is 12.6. The molecule has 5 rings (SSSR count). The van der Waals surface area contributed by atoms with Crippen molar-refractivity contribution in [2.45, 2.75) is 19.3 Å². The van der Waals surface area contributed by atoms with Gasteiger partial charge in [-0.3, -0.25) is 14.9 Å². The quantitative estimate of drug-likeness (QED) is 0.500. The van der Waals surface area contributed by atoms with Crippen LogP contribution in [0.15, 0.2) is 36.4 Å². The predicted octanol–water partition coefficient (Wildman–Crippen LogP) is 5.25. The molecule has 3 aromatic heterocycles. The molecule has 0 atom stereocenters. The number of aryl methyl sites for hydroxylation is 1. The first-order valence-electron chi connectivity index (χ1n) is 8.47. The zero-order valence-electron chi connectivity index (χ0n) is 14.0. The minimum absolute atomic E-state index is 0.128. The van der Waals surface area contributed by atoms with Crippen LogP contribution in [0.4, 0.5) is 5.13 Å². The third kappa shape index (κ3) is 3.09. The van der Waals surface area contributed by atoms with Gasteiger partial charge in [0.2, 0.25) is 0 Å². The highest BCUT2D eigenvalue weighted by Crippen LogP contribution is 2.35. The number of Topliss-reactive ketones (excluding diaryl/α,β-unsaturated/α-hetero) is 1. The van der Waals surface area contributed by atoms with Crippen LogP contribution in [0.1, 0.15) is 37.9 Å². The second-order valence-electron chi connectivity index (χ2n) is 6.18. The summed E-state index contributed by atoms with van der Waals surface area (Å²) in [4.78, 5) is 35.9. The van der Waals surface area contributed by atoms with Gasteiger partial charge in [-0.25, -0.2) is 9.97 Å². The van der Waals surface area contributed by atoms with E-state index in [1.54, 1.807) is 17.4 Å². The molecule has 1 amide bonds. The number of rotatable bonds is 3. The average Bonchev–Trinajstić information content (AvgIpc) is 3.39. The summed E-state index contributed by atoms with van der Waals surface area (Å²) in [5.74, 6) is -0.0746. The molecule has 0 bridgehead atoms. The van der Waals surface area contributed by atoms with Gasteiger partial charge in [-0.2, -0.15) is 0 Å². The lowest BCUT2D eigenvalue weighted by atomic mass is 10.0. The van der Waals surface area contributed by atoms with Gasteiger partial charge >= 0.3 is 0 Å². The van der Waals surface area contributed by atoms with Gasteiger partial charge in [-0.05, 0) is 37.1 Å². The monoisotopic (exact) mass is 411 g/mol. The minimum Gasteiger partial charge on any atom is -0.297 e. The average molecular weight is 412 g/mol. The van der Waals surface area contributed by atoms with E-state index < -0.39 is 0 Å². The van der Waals surface area contributed by atoms with Crippen molar-refractivity contribution in [1.29, 1.82) is 0 Å². The number of carbonyl (C=O) groups excluding carboxylic acids is 2. The van der Waals surface area contributed by atoms with Crippen molar-refractivity contribution in [1.82, 2.24) is 9.97 Å². The first-order valence-corrected chi connectivity index (χ1v) is 10.9. The van der Waals surface area contributed by atoms with Crippen LogP contribution in [-0.2, 0) is 6.42 Å². The van der Waals surface area contributed by atoms with Crippen LogP contribution in [0, 0.1) is 0 Å². The number of aromatic nitrogens is 2. The lowest BCUT2D eigenvalue weighted by molar-refractivity contribution is 0.0975. The summed E-state index contributed by atoms with van der Waals surface area (Å²) < 4.78 is 1.13. The highest BCUT2D eigenvalue weighted by molar-refractivity contribution is 7.26. The molecule has 8 heteroatoms. The Morgan fingerprint density at radius 3 is 2.74 bits per heavy atom. The van der Waals surface area contributed by atoms with Crippen LogP contribution in [0.3, 0.4) is 0 Å². The smallest absolute Gasteiger partial charge is 0.267 e. The molecule has 0 spiro atoms. The van der Waals surface area contributed by atoms with E-state index in [9.17, 15) is 9.59 Å². The Labute approximate surface area is 166 Å². The number of fused-ring (bicyclic) bond motifs is 2. The number of hydrogen-bond donors (Lipinski definition) is 1. The Morgan fingerprint density at radius 2 is 1.89 bits per heavy atom. The van der Waals surface area contributed by atoms with Gasteiger partial charge in [-0.15, -0.1) is 22.7 Å². The molecule has 4 aromatic rings. The normalized spacial score (nSPS) is 13.7. The minimum atomic E-state index is -0.203. The Morgan fingerprint density at radius 1 is 1.00 bits per heavy atom. The van der Waals surface area contributed by atoms with Crippen LogP contribution in [0.5, 0.6) is 0 Å². The number of amides is 1. The fourth-order valence-electron chi connectivity index (χ4n) is 3.03. The first-order chi connectivity index (χ1) is 13.2. The highest BCUT2D eigenvalue weighted by Gasteiger charge is 2.23. The molecule has 1 N–H and O–H groups in total. The summed E-state index contributed by atoms with van der Waals surface area (Å²) in [5.41, 5.74) is 1.78. The van der Waals surface area contributed by atoms with Crippen LogP contribution < -0.4 is 5.32 Å². The van der Waals surface area contributed by atoms with Crippen LogP contribution >= 0.6 is 34.0 Å². The molecule has 1 aliphatic rings. The van der Waals surface area contributed by atoms with Gasteiger partial charge in [-0.1, -0.05) is 23.5 Å². The zero-order chi connectivity index (χ0) is 18.4. The van der Waals surface area contributed by atoms with E-state index in [2.05, 4.69) is 15.3 Å². The van der Waals surface area contributed by atoms with Crippen molar-refractivity contribution in [2.24, 2.45) is 0 Å². The van der Waals surface area contributed by atoms with Crippen molar-refractivity contribution in [3.8, 4) is 9.88 Å². The van der Waals surface area contributed by atoms with Crippen LogP contribution in [0.25, 0.3) is 20.1 Å². The first kappa shape index (κ1) is 16.7. The predicted molar refractivity (Wildman–Crippen MR) is 110 cm³/mol. The Hall–Kier alpha value is -2.42. The summed E-state index contributed by atoms with van der Waals surface area (Å²) in [6.07, 6.45) is 2.20. The van der Waals surface area contributed by atoms with Crippen molar-refractivity contribution in [3.05, 3.63) is 51.8 Å². The molecule has 134 valence electrons. The number of thiophene rings is 1. The fraction of sp³-hybridized carbons (Fsp3) is 0.158. The standard InChI is InChI=1S/C19H13N3O2S3/c23-12-6-3-5-11-16(12)27-19(21-11)22-17(24)14-8-9-15(25-14)18-20-10-4-1-2-7-13(10)26-18/h1-2,4,7-9H,3,5-6H2,(H,21,22,24). The molecule has 27 heavy (non-hydrogen) atoms. The highest BCUT2D eigenvalue weighted by atomic mass is 32.1. The Bertz CT molecular complexity index is 1150. The number of carbonyl (C=O) groups is 2. The van der Waals surface area contributed by atoms with Crippen molar-refractivity contribution in [2.75, 3.05) is 5.32 Å². The fourth-order valence-corrected chi connectivity index (χ4v) is 5.93. The molecular formula is C19H13N3O2S3. The van der Waals surface area contributed by atoms with Crippen molar-refractivity contribution >= 4 is 61.0 Å². The van der Waals surface area contributed by atoms with Gasteiger partial charge in [0, 0.05) is 6.42 Å². The lowest BCUT2D eigenvalue weighted by Crippen LogP contribution is -2.10. The molecule has 0 aliphatic heterocycles. The second kappa shape index (κ2) is 6.63. The third-order valence-corrected chi connectivity index (χ3v) is 7.67. The van der Waals surface area contributed by atoms with E-state index in [-0.39, 0.29) is 11.7 Å². The summed E-state index contributed by atoms with van der Waals surface area (Å²) in [6, 6.07) is 11.7. The summed E-state index contributed by atoms with van der Waals surface area (Å²) in [5, 5.41) is 4.25. The molecule has 0 saturated heterocycles. The Balaban J connectivity index is 1.38. The SMILES string of the molecule is O=C(Nc1nc2c(s1)C(=O)CCC2)c1ccc(-c2nc3ccccc3s2)s1. The Kier molecular flexibility index (Phi) is 4.11. The zero-order valence-corrected chi connectivity index (χ0v) is 16.5. The molecule has 0 saturated carbocycles. The van der Waals surface area contributed by atoms with E-state index in [4.69, 9.17) is 0 Å². The summed E-state index contributed by atoms with van der Waals surface area (Å²) in [7, 11) is 0. The number of nitrogens with one attached hydrogen (secondary N) is 1. The number of anilines is 1. The van der Waals surface area contributed by atoms with Crippen molar-refractivity contribution < 1.29 is 9.59 Å². The maximum atomic E-state index is 12.6. The number of para-hydroxylation sites is 1. The third-order valence-electron chi connectivity index (χ3n) is 4.32. The number of ketones is 1.